The van der Waals surface area contributed by atoms with Crippen LogP contribution in [0, 0.1) is 29.6 Å². The molecule has 0 aromatic rings. The van der Waals surface area contributed by atoms with Crippen LogP contribution >= 0.6 is 0 Å². The summed E-state index contributed by atoms with van der Waals surface area (Å²) < 4.78 is 0. The van der Waals surface area contributed by atoms with Gasteiger partial charge in [0, 0.05) is 6.61 Å². The summed E-state index contributed by atoms with van der Waals surface area (Å²) in [4.78, 5) is 0. The summed E-state index contributed by atoms with van der Waals surface area (Å²) in [5, 5.41) is 19.6. The number of aliphatic hydroxyl groups is 2. The van der Waals surface area contributed by atoms with E-state index >= 15 is 0 Å². The van der Waals surface area contributed by atoms with E-state index in [0.29, 0.717) is 17.8 Å². The zero-order chi connectivity index (χ0) is 11.0. The van der Waals surface area contributed by atoms with Gasteiger partial charge >= 0.3 is 0 Å². The van der Waals surface area contributed by atoms with Gasteiger partial charge in [-0.05, 0) is 42.4 Å². The highest BCUT2D eigenvalue weighted by molar-refractivity contribution is 5.07. The van der Waals surface area contributed by atoms with Gasteiger partial charge in [-0.1, -0.05) is 26.0 Å². The first-order chi connectivity index (χ1) is 7.13. The Balaban J connectivity index is 2.21. The van der Waals surface area contributed by atoms with Crippen molar-refractivity contribution >= 4 is 0 Å². The molecule has 2 rings (SSSR count). The van der Waals surface area contributed by atoms with Gasteiger partial charge in [-0.3, -0.25) is 0 Å². The van der Waals surface area contributed by atoms with E-state index in [-0.39, 0.29) is 24.5 Å². The van der Waals surface area contributed by atoms with Crippen molar-refractivity contribution in [2.45, 2.75) is 32.8 Å². The third-order valence-corrected chi connectivity index (χ3v) is 4.30. The second kappa shape index (κ2) is 4.26. The SMILES string of the molecule is C[C@@H]1CC(O)C2C(C=C[C@H](C)[C@@H]2CO)C1. The molecular weight excluding hydrogens is 188 g/mol. The molecule has 0 bridgehead atoms. The minimum Gasteiger partial charge on any atom is -0.396 e. The van der Waals surface area contributed by atoms with Gasteiger partial charge in [-0.15, -0.1) is 0 Å². The molecule has 0 aromatic heterocycles. The highest BCUT2D eigenvalue weighted by Gasteiger charge is 2.42. The first kappa shape index (κ1) is 11.2. The average Bonchev–Trinajstić information content (AvgIpc) is 2.18. The molecule has 2 aliphatic carbocycles. The third kappa shape index (κ3) is 1.98. The second-order valence-electron chi connectivity index (χ2n) is 5.48. The van der Waals surface area contributed by atoms with E-state index < -0.39 is 0 Å². The molecule has 0 aromatic carbocycles. The molecule has 6 atom stereocenters. The van der Waals surface area contributed by atoms with Crippen LogP contribution in [-0.2, 0) is 0 Å². The van der Waals surface area contributed by atoms with Crippen LogP contribution in [0.15, 0.2) is 12.2 Å². The fourth-order valence-electron chi connectivity index (χ4n) is 3.48. The molecule has 2 heteroatoms. The molecule has 0 aliphatic heterocycles. The molecule has 2 N–H and O–H groups in total. The third-order valence-electron chi connectivity index (χ3n) is 4.30. The Bertz CT molecular complexity index is 249. The predicted octanol–water partition coefficient (Wildman–Crippen LogP) is 1.82. The standard InChI is InChI=1S/C13H22O2/c1-8-5-10-4-3-9(2)11(7-14)13(10)12(15)6-8/h3-4,8-15H,5-7H2,1-2H3/t8-,9-,10?,11-,12?,13?/m0/s1. The van der Waals surface area contributed by atoms with Gasteiger partial charge in [-0.25, -0.2) is 0 Å². The average molecular weight is 210 g/mol. The molecule has 86 valence electrons. The number of aliphatic hydroxyl groups excluding tert-OH is 2. The minimum atomic E-state index is -0.219. The Labute approximate surface area is 92.0 Å². The molecule has 2 aliphatic rings. The number of fused-ring (bicyclic) bond motifs is 1. The summed E-state index contributed by atoms with van der Waals surface area (Å²) in [6.45, 7) is 4.55. The summed E-state index contributed by atoms with van der Waals surface area (Å²) in [6, 6.07) is 0. The molecular formula is C13H22O2. The monoisotopic (exact) mass is 210 g/mol. The normalized spacial score (nSPS) is 50.1. The van der Waals surface area contributed by atoms with E-state index in [2.05, 4.69) is 26.0 Å². The van der Waals surface area contributed by atoms with Crippen molar-refractivity contribution in [2.24, 2.45) is 29.6 Å². The molecule has 0 heterocycles. The first-order valence-corrected chi connectivity index (χ1v) is 6.10. The van der Waals surface area contributed by atoms with E-state index in [1.807, 2.05) is 0 Å². The Hall–Kier alpha value is -0.340. The summed E-state index contributed by atoms with van der Waals surface area (Å²) in [5.41, 5.74) is 0. The minimum absolute atomic E-state index is 0.206. The lowest BCUT2D eigenvalue weighted by molar-refractivity contribution is -0.0359. The van der Waals surface area contributed by atoms with Crippen LogP contribution in [0.5, 0.6) is 0 Å². The van der Waals surface area contributed by atoms with E-state index in [9.17, 15) is 10.2 Å². The fourth-order valence-corrected chi connectivity index (χ4v) is 3.48. The summed E-state index contributed by atoms with van der Waals surface area (Å²) in [7, 11) is 0. The quantitative estimate of drug-likeness (QED) is 0.648. The maximum atomic E-state index is 10.1. The van der Waals surface area contributed by atoms with Crippen LogP contribution < -0.4 is 0 Å². The Kier molecular flexibility index (Phi) is 3.17. The zero-order valence-corrected chi connectivity index (χ0v) is 9.63. The lowest BCUT2D eigenvalue weighted by atomic mass is 9.62. The molecule has 0 saturated heterocycles. The van der Waals surface area contributed by atoms with Gasteiger partial charge in [0.05, 0.1) is 6.10 Å². The molecule has 15 heavy (non-hydrogen) atoms. The maximum Gasteiger partial charge on any atom is 0.0580 e. The summed E-state index contributed by atoms with van der Waals surface area (Å²) >= 11 is 0. The lowest BCUT2D eigenvalue weighted by Gasteiger charge is -2.45. The van der Waals surface area contributed by atoms with Gasteiger partial charge in [-0.2, -0.15) is 0 Å². The predicted molar refractivity (Wildman–Crippen MR) is 60.3 cm³/mol. The van der Waals surface area contributed by atoms with Crippen molar-refractivity contribution in [3.05, 3.63) is 12.2 Å². The highest BCUT2D eigenvalue weighted by Crippen LogP contribution is 2.44. The van der Waals surface area contributed by atoms with Crippen LogP contribution in [-0.4, -0.2) is 22.9 Å². The number of hydrogen-bond acceptors (Lipinski definition) is 2. The smallest absolute Gasteiger partial charge is 0.0580 e. The van der Waals surface area contributed by atoms with Crippen LogP contribution in [0.25, 0.3) is 0 Å². The first-order valence-electron chi connectivity index (χ1n) is 6.10. The van der Waals surface area contributed by atoms with Crippen molar-refractivity contribution in [1.82, 2.24) is 0 Å². The van der Waals surface area contributed by atoms with Gasteiger partial charge in [0.1, 0.15) is 0 Å². The van der Waals surface area contributed by atoms with E-state index in [1.165, 1.54) is 6.42 Å². The lowest BCUT2D eigenvalue weighted by Crippen LogP contribution is -2.44. The fraction of sp³-hybridized carbons (Fsp3) is 0.846. The molecule has 0 amide bonds. The maximum absolute atomic E-state index is 10.1. The molecule has 2 nitrogen and oxygen atoms in total. The van der Waals surface area contributed by atoms with Gasteiger partial charge in [0.25, 0.3) is 0 Å². The van der Waals surface area contributed by atoms with Crippen LogP contribution in [0.4, 0.5) is 0 Å². The second-order valence-corrected chi connectivity index (χ2v) is 5.48. The summed E-state index contributed by atoms with van der Waals surface area (Å²) in [5.74, 6) is 2.03. The van der Waals surface area contributed by atoms with Crippen LogP contribution in [0.2, 0.25) is 0 Å². The van der Waals surface area contributed by atoms with Crippen molar-refractivity contribution in [3.8, 4) is 0 Å². The van der Waals surface area contributed by atoms with Crippen LogP contribution in [0.1, 0.15) is 26.7 Å². The Morgan fingerprint density at radius 2 is 1.93 bits per heavy atom. The number of rotatable bonds is 1. The number of allylic oxidation sites excluding steroid dienone is 2. The molecule has 1 fully saturated rings. The number of hydrogen-bond donors (Lipinski definition) is 2. The Morgan fingerprint density at radius 1 is 1.20 bits per heavy atom. The molecule has 3 unspecified atom stereocenters. The van der Waals surface area contributed by atoms with E-state index in [1.54, 1.807) is 0 Å². The van der Waals surface area contributed by atoms with Gasteiger partial charge < -0.3 is 10.2 Å². The molecule has 1 saturated carbocycles. The van der Waals surface area contributed by atoms with Crippen molar-refractivity contribution < 1.29 is 10.2 Å². The van der Waals surface area contributed by atoms with Gasteiger partial charge in [0.15, 0.2) is 0 Å². The largest absolute Gasteiger partial charge is 0.396 e. The van der Waals surface area contributed by atoms with E-state index in [4.69, 9.17) is 0 Å². The highest BCUT2D eigenvalue weighted by atomic mass is 16.3. The van der Waals surface area contributed by atoms with Crippen LogP contribution in [0.3, 0.4) is 0 Å². The van der Waals surface area contributed by atoms with Crippen molar-refractivity contribution in [3.63, 3.8) is 0 Å². The molecule has 0 spiro atoms. The van der Waals surface area contributed by atoms with Gasteiger partial charge in [0.2, 0.25) is 0 Å². The van der Waals surface area contributed by atoms with Crippen molar-refractivity contribution in [2.75, 3.05) is 6.61 Å². The topological polar surface area (TPSA) is 40.5 Å². The zero-order valence-electron chi connectivity index (χ0n) is 9.63. The molecule has 0 radical (unpaired) electrons. The Morgan fingerprint density at radius 3 is 2.60 bits per heavy atom. The van der Waals surface area contributed by atoms with Crippen molar-refractivity contribution in [1.29, 1.82) is 0 Å². The van der Waals surface area contributed by atoms with E-state index in [0.717, 1.165) is 6.42 Å². The summed E-state index contributed by atoms with van der Waals surface area (Å²) in [6.07, 6.45) is 6.33.